The lowest BCUT2D eigenvalue weighted by atomic mass is 9.91. The molecule has 0 saturated carbocycles. The number of hydrogen-bond acceptors (Lipinski definition) is 0. The zero-order valence-corrected chi connectivity index (χ0v) is 21.5. The summed E-state index contributed by atoms with van der Waals surface area (Å²) in [7, 11) is -6.00. The van der Waals surface area contributed by atoms with Crippen molar-refractivity contribution in [3.63, 3.8) is 0 Å². The first-order valence-corrected chi connectivity index (χ1v) is 12.7. The van der Waals surface area contributed by atoms with Crippen molar-refractivity contribution in [3.05, 3.63) is 140 Å². The largest absolute Gasteiger partial charge is 0.673 e. The Hall–Kier alpha value is -4.45. The first-order valence-electron chi connectivity index (χ1n) is 12.7. The van der Waals surface area contributed by atoms with Crippen molar-refractivity contribution in [2.24, 2.45) is 0 Å². The van der Waals surface area contributed by atoms with Gasteiger partial charge in [0.15, 0.2) is 6.54 Å². The van der Waals surface area contributed by atoms with E-state index in [0.29, 0.717) is 0 Å². The van der Waals surface area contributed by atoms with Crippen LogP contribution in [0.4, 0.5) is 17.3 Å². The molecule has 4 aromatic carbocycles. The van der Waals surface area contributed by atoms with Crippen LogP contribution in [0.1, 0.15) is 6.92 Å². The van der Waals surface area contributed by atoms with Gasteiger partial charge < -0.3 is 17.3 Å². The molecule has 1 heterocycles. The van der Waals surface area contributed by atoms with E-state index in [2.05, 4.69) is 151 Å². The van der Waals surface area contributed by atoms with Crippen LogP contribution in [0.15, 0.2) is 140 Å². The quantitative estimate of drug-likeness (QED) is 0.0900. The van der Waals surface area contributed by atoms with Gasteiger partial charge in [-0.15, -0.1) is 0 Å². The molecule has 0 spiro atoms. The highest BCUT2D eigenvalue weighted by Gasteiger charge is 2.28. The van der Waals surface area contributed by atoms with E-state index in [0.717, 1.165) is 6.54 Å². The minimum atomic E-state index is -6.00. The lowest BCUT2D eigenvalue weighted by Gasteiger charge is -2.17. The van der Waals surface area contributed by atoms with E-state index in [1.54, 1.807) is 0 Å². The molecule has 0 saturated heterocycles. The van der Waals surface area contributed by atoms with Gasteiger partial charge in [0.25, 0.3) is 0 Å². The summed E-state index contributed by atoms with van der Waals surface area (Å²) in [6.07, 6.45) is 4.37. The fourth-order valence-electron chi connectivity index (χ4n) is 4.57. The van der Waals surface area contributed by atoms with Crippen molar-refractivity contribution in [3.8, 4) is 44.8 Å². The van der Waals surface area contributed by atoms with Crippen LogP contribution in [-0.4, -0.2) is 7.25 Å². The van der Waals surface area contributed by atoms with E-state index in [4.69, 9.17) is 0 Å². The fourth-order valence-corrected chi connectivity index (χ4v) is 4.57. The van der Waals surface area contributed by atoms with Crippen LogP contribution in [0.2, 0.25) is 0 Å². The number of pyridine rings is 1. The third-order valence-electron chi connectivity index (χ3n) is 6.13. The zero-order valence-electron chi connectivity index (χ0n) is 21.5. The van der Waals surface area contributed by atoms with Gasteiger partial charge in [-0.05, 0) is 54.5 Å². The molecule has 1 aromatic heterocycles. The lowest BCUT2D eigenvalue weighted by Crippen LogP contribution is -2.39. The highest BCUT2D eigenvalue weighted by Crippen LogP contribution is 2.38. The maximum atomic E-state index is 9.75. The maximum Gasteiger partial charge on any atom is 0.673 e. The van der Waals surface area contributed by atoms with E-state index in [1.807, 2.05) is 0 Å². The molecular weight excluding hydrogens is 497 g/mol. The Morgan fingerprint density at radius 2 is 0.846 bits per heavy atom. The minimum Gasteiger partial charge on any atom is -0.418 e. The molecule has 0 fully saturated rings. The average Bonchev–Trinajstić information content (AvgIpc) is 2.96. The zero-order chi connectivity index (χ0) is 27.7. The molecular formula is C33H28BF4N. The Morgan fingerprint density at radius 3 is 1.15 bits per heavy atom. The van der Waals surface area contributed by atoms with E-state index in [9.17, 15) is 17.3 Å². The Kier molecular flexibility index (Phi) is 9.11. The predicted molar refractivity (Wildman–Crippen MR) is 153 cm³/mol. The van der Waals surface area contributed by atoms with E-state index >= 15 is 0 Å². The number of rotatable bonds is 6. The molecule has 39 heavy (non-hydrogen) atoms. The van der Waals surface area contributed by atoms with Gasteiger partial charge in [0.05, 0.1) is 11.1 Å². The minimum absolute atomic E-state index is 0.783. The van der Waals surface area contributed by atoms with Crippen molar-refractivity contribution < 1.29 is 21.8 Å². The Labute approximate surface area is 226 Å². The monoisotopic (exact) mass is 525 g/mol. The number of hydrogen-bond donors (Lipinski definition) is 0. The second-order valence-corrected chi connectivity index (χ2v) is 8.81. The van der Waals surface area contributed by atoms with E-state index in [-0.39, 0.29) is 0 Å². The van der Waals surface area contributed by atoms with Gasteiger partial charge in [0.2, 0.25) is 11.4 Å². The molecule has 5 rings (SSSR count). The molecule has 0 unspecified atom stereocenters. The summed E-state index contributed by atoms with van der Waals surface area (Å²) in [6, 6.07) is 45.3. The van der Waals surface area contributed by atoms with Crippen LogP contribution < -0.4 is 4.57 Å². The van der Waals surface area contributed by atoms with Crippen LogP contribution in [-0.2, 0) is 6.54 Å². The van der Waals surface area contributed by atoms with Crippen LogP contribution in [0.3, 0.4) is 0 Å². The first kappa shape index (κ1) is 27.6. The van der Waals surface area contributed by atoms with Crippen molar-refractivity contribution in [2.75, 3.05) is 0 Å². The third kappa shape index (κ3) is 7.32. The molecule has 1 nitrogen and oxygen atoms in total. The van der Waals surface area contributed by atoms with Crippen molar-refractivity contribution in [1.29, 1.82) is 0 Å². The smallest absolute Gasteiger partial charge is 0.418 e. The van der Waals surface area contributed by atoms with E-state index < -0.39 is 7.25 Å². The van der Waals surface area contributed by atoms with Crippen LogP contribution in [0.5, 0.6) is 0 Å². The van der Waals surface area contributed by atoms with Crippen molar-refractivity contribution >= 4 is 7.25 Å². The molecule has 0 aliphatic carbocycles. The molecule has 0 aliphatic rings. The van der Waals surface area contributed by atoms with Gasteiger partial charge >= 0.3 is 7.25 Å². The predicted octanol–water partition coefficient (Wildman–Crippen LogP) is 9.52. The van der Waals surface area contributed by atoms with Crippen LogP contribution in [0.25, 0.3) is 44.8 Å². The van der Waals surface area contributed by atoms with Crippen molar-refractivity contribution in [2.45, 2.75) is 13.5 Å². The topological polar surface area (TPSA) is 3.88 Å². The SMILES string of the molecule is C/C=C/C[n+]1c(-c2ccccc2)c(-c2ccccc2)cc(-c2ccccc2)c1-c1ccccc1.F[B-](F)(F)F. The molecule has 0 atom stereocenters. The van der Waals surface area contributed by atoms with Crippen molar-refractivity contribution in [1.82, 2.24) is 0 Å². The Morgan fingerprint density at radius 1 is 0.538 bits per heavy atom. The third-order valence-corrected chi connectivity index (χ3v) is 6.13. The molecule has 6 heteroatoms. The van der Waals surface area contributed by atoms with Gasteiger partial charge in [0, 0.05) is 11.1 Å². The van der Waals surface area contributed by atoms with E-state index in [1.165, 1.54) is 44.8 Å². The van der Waals surface area contributed by atoms with Gasteiger partial charge in [-0.3, -0.25) is 0 Å². The number of halogens is 4. The Balaban J connectivity index is 0.000000648. The summed E-state index contributed by atoms with van der Waals surface area (Å²) in [5.41, 5.74) is 9.77. The summed E-state index contributed by atoms with van der Waals surface area (Å²) >= 11 is 0. The molecule has 0 N–H and O–H groups in total. The number of benzene rings is 4. The highest BCUT2D eigenvalue weighted by molar-refractivity contribution is 6.50. The molecule has 196 valence electrons. The molecule has 0 bridgehead atoms. The number of allylic oxidation sites excluding steroid dienone is 2. The molecule has 0 radical (unpaired) electrons. The van der Waals surface area contributed by atoms with Crippen LogP contribution >= 0.6 is 0 Å². The molecule has 5 aromatic rings. The van der Waals surface area contributed by atoms with Gasteiger partial charge in [0.1, 0.15) is 0 Å². The summed E-state index contributed by atoms with van der Waals surface area (Å²) in [5.74, 6) is 0. The van der Waals surface area contributed by atoms with Gasteiger partial charge in [-0.25, -0.2) is 0 Å². The summed E-state index contributed by atoms with van der Waals surface area (Å²) in [4.78, 5) is 0. The second kappa shape index (κ2) is 12.9. The summed E-state index contributed by atoms with van der Waals surface area (Å²) in [5, 5.41) is 0. The number of aromatic nitrogens is 1. The molecule has 0 amide bonds. The first-order chi connectivity index (χ1) is 18.9. The highest BCUT2D eigenvalue weighted by atomic mass is 19.5. The fraction of sp³-hybridized carbons (Fsp3) is 0.0606. The van der Waals surface area contributed by atoms with Crippen LogP contribution in [0, 0.1) is 0 Å². The average molecular weight is 525 g/mol. The lowest BCUT2D eigenvalue weighted by molar-refractivity contribution is -0.664. The standard InChI is InChI=1S/C33H28N.BF4/c1-2-3-24-34-32(28-20-12-6-13-21-28)30(26-16-8-4-9-17-26)25-31(27-18-10-5-11-19-27)33(34)29-22-14-7-15-23-29;2-1(3,4)5/h2-23,25H,24H2,1H3;/q+1;-1/b3-2+;. The second-order valence-electron chi connectivity index (χ2n) is 8.81. The normalized spacial score (nSPS) is 11.2. The number of nitrogens with zero attached hydrogens (tertiary/aromatic N) is 1. The summed E-state index contributed by atoms with van der Waals surface area (Å²) < 4.78 is 41.5. The van der Waals surface area contributed by atoms with Gasteiger partial charge in [-0.1, -0.05) is 103 Å². The Bertz CT molecular complexity index is 1400. The summed E-state index contributed by atoms with van der Waals surface area (Å²) in [6.45, 7) is 2.87. The van der Waals surface area contributed by atoms with Gasteiger partial charge in [-0.2, -0.15) is 4.57 Å². The maximum absolute atomic E-state index is 9.75. The molecule has 0 aliphatic heterocycles.